The lowest BCUT2D eigenvalue weighted by Gasteiger charge is -2.50. The minimum atomic E-state index is -4.79. The molecule has 2 aliphatic carbocycles. The third kappa shape index (κ3) is 5.81. The largest absolute Gasteiger partial charge is 0.508 e. The van der Waals surface area contributed by atoms with Gasteiger partial charge in [0.05, 0.1) is 52.1 Å². The summed E-state index contributed by atoms with van der Waals surface area (Å²) in [5, 5.41) is 21.7. The van der Waals surface area contributed by atoms with Crippen molar-refractivity contribution in [3.63, 3.8) is 0 Å². The number of carboxylic acids is 1. The van der Waals surface area contributed by atoms with Crippen molar-refractivity contribution in [2.24, 2.45) is 23.7 Å². The Kier molecular flexibility index (Phi) is 9.08. The zero-order valence-corrected chi connectivity index (χ0v) is 31.0. The predicted octanol–water partition coefficient (Wildman–Crippen LogP) is 7.01. The molecule has 4 aliphatic rings. The second-order valence-corrected chi connectivity index (χ2v) is 15.1. The molecule has 4 aromatic rings. The lowest BCUT2D eigenvalue weighted by Crippen LogP contribution is -2.53. The molecule has 4 amide bonds. The van der Waals surface area contributed by atoms with Gasteiger partial charge in [-0.3, -0.25) is 29.5 Å². The summed E-state index contributed by atoms with van der Waals surface area (Å²) in [5.41, 5.74) is 0.393. The first-order valence-corrected chi connectivity index (χ1v) is 18.2. The molecule has 17 heteroatoms. The number of phenols is 1. The van der Waals surface area contributed by atoms with E-state index in [0.29, 0.717) is 33.4 Å². The molecule has 6 unspecified atom stereocenters. The minimum Gasteiger partial charge on any atom is -0.508 e. The summed E-state index contributed by atoms with van der Waals surface area (Å²) in [6.45, 7) is 0. The Labute approximate surface area is 331 Å². The molecule has 0 bridgehead atoms. The molecule has 57 heavy (non-hydrogen) atoms. The highest BCUT2D eigenvalue weighted by Crippen LogP contribution is 2.65. The maximum atomic E-state index is 15.3. The molecule has 3 heterocycles. The number of halogens is 5. The van der Waals surface area contributed by atoms with Crippen LogP contribution in [0, 0.1) is 23.7 Å². The molecule has 2 saturated heterocycles. The Hall–Kier alpha value is -5.93. The van der Waals surface area contributed by atoms with Crippen LogP contribution in [0.15, 0.2) is 90.6 Å². The molecular weight excluding hydrogens is 792 g/mol. The van der Waals surface area contributed by atoms with E-state index in [1.165, 1.54) is 55.6 Å². The van der Waals surface area contributed by atoms with E-state index in [2.05, 4.69) is 10.4 Å². The molecule has 6 atom stereocenters. The Morgan fingerprint density at radius 1 is 0.965 bits per heavy atom. The van der Waals surface area contributed by atoms with Crippen molar-refractivity contribution in [2.45, 2.75) is 30.4 Å². The quantitative estimate of drug-likeness (QED) is 0.130. The normalized spacial score (nSPS) is 25.5. The second kappa shape index (κ2) is 13.6. The van der Waals surface area contributed by atoms with Gasteiger partial charge < -0.3 is 14.9 Å². The number of carbonyl (C=O) groups excluding carboxylic acids is 4. The Morgan fingerprint density at radius 3 is 2.35 bits per heavy atom. The number of methoxy groups -OCH3 is 1. The molecule has 0 radical (unpaired) electrons. The van der Waals surface area contributed by atoms with Gasteiger partial charge in [-0.25, -0.2) is 9.78 Å². The highest BCUT2D eigenvalue weighted by Gasteiger charge is 2.70. The number of carbonyl (C=O) groups is 5. The Balaban J connectivity index is 1.31. The van der Waals surface area contributed by atoms with Crippen molar-refractivity contribution in [1.82, 2.24) is 9.99 Å². The number of imide groups is 2. The summed E-state index contributed by atoms with van der Waals surface area (Å²) in [6.07, 6.45) is -2.68. The lowest BCUT2D eigenvalue weighted by atomic mass is 9.49. The van der Waals surface area contributed by atoms with E-state index >= 15 is 4.79 Å². The van der Waals surface area contributed by atoms with Gasteiger partial charge in [-0.15, -0.1) is 0 Å². The zero-order chi connectivity index (χ0) is 40.7. The third-order valence-electron chi connectivity index (χ3n) is 11.5. The summed E-state index contributed by atoms with van der Waals surface area (Å²) in [4.78, 5) is 75.3. The Morgan fingerprint density at radius 2 is 1.70 bits per heavy atom. The van der Waals surface area contributed by atoms with E-state index in [4.69, 9.17) is 27.9 Å². The van der Waals surface area contributed by atoms with Gasteiger partial charge in [0, 0.05) is 28.8 Å². The number of anilines is 2. The number of alkyl halides is 3. The number of nitrogens with zero attached hydrogens (tertiary/aromatic N) is 3. The maximum Gasteiger partial charge on any atom is 0.417 e. The topological polar surface area (TPSA) is 166 Å². The van der Waals surface area contributed by atoms with Crippen molar-refractivity contribution >= 4 is 64.3 Å². The standard InChI is InChI=1S/C40H29Cl2F3N4O8/c1-57-23-9-10-25(30(50)15-23)32-24-11-12-26-31(36(53)48(34(26)51)22-4-2-3-18(13-22)37(54)55)27(24)16-28-35(52)49(38(56)39(28,32)19-5-7-21(41)8-6-19)47-33-29(42)14-20(17-46-33)40(43,44)45/h2-11,13-15,17,26-28,31-32,50H,12,16H2,1H3,(H,46,47)(H,54,55). The van der Waals surface area contributed by atoms with E-state index in [1.807, 2.05) is 0 Å². The number of aromatic carboxylic acids is 1. The summed E-state index contributed by atoms with van der Waals surface area (Å²) >= 11 is 12.5. The van der Waals surface area contributed by atoms with Crippen LogP contribution in [-0.4, -0.2) is 56.9 Å². The van der Waals surface area contributed by atoms with Crippen molar-refractivity contribution in [3.05, 3.63) is 123 Å². The minimum absolute atomic E-state index is 0.0279. The number of fused-ring (bicyclic) bond motifs is 4. The van der Waals surface area contributed by atoms with Crippen LogP contribution in [0.3, 0.4) is 0 Å². The zero-order valence-electron chi connectivity index (χ0n) is 29.5. The molecule has 1 saturated carbocycles. The third-order valence-corrected chi connectivity index (χ3v) is 12.0. The Bertz CT molecular complexity index is 2440. The number of aromatic hydroxyl groups is 1. The number of rotatable bonds is 7. The smallest absolute Gasteiger partial charge is 0.417 e. The first kappa shape index (κ1) is 38.0. The molecule has 1 aromatic heterocycles. The van der Waals surface area contributed by atoms with Crippen LogP contribution >= 0.6 is 23.2 Å². The number of hydrogen-bond acceptors (Lipinski definition) is 9. The van der Waals surface area contributed by atoms with Crippen LogP contribution in [0.5, 0.6) is 11.5 Å². The number of ether oxygens (including phenoxy) is 1. The van der Waals surface area contributed by atoms with Crippen molar-refractivity contribution in [1.29, 1.82) is 0 Å². The number of nitrogens with one attached hydrogen (secondary N) is 1. The van der Waals surface area contributed by atoms with Crippen LogP contribution in [0.4, 0.5) is 24.7 Å². The molecule has 3 fully saturated rings. The molecular formula is C40H29Cl2F3N4O8. The monoisotopic (exact) mass is 820 g/mol. The summed E-state index contributed by atoms with van der Waals surface area (Å²) in [5.74, 6) is -9.96. The van der Waals surface area contributed by atoms with Gasteiger partial charge in [-0.2, -0.15) is 18.2 Å². The number of hydrazine groups is 1. The van der Waals surface area contributed by atoms with Crippen molar-refractivity contribution in [3.8, 4) is 11.5 Å². The van der Waals surface area contributed by atoms with E-state index in [0.717, 1.165) is 4.90 Å². The number of hydrogen-bond donors (Lipinski definition) is 3. The lowest BCUT2D eigenvalue weighted by molar-refractivity contribution is -0.139. The number of amides is 4. The van der Waals surface area contributed by atoms with Crippen molar-refractivity contribution < 1.29 is 52.1 Å². The van der Waals surface area contributed by atoms with Crippen LogP contribution in [0.25, 0.3) is 0 Å². The molecule has 0 spiro atoms. The summed E-state index contributed by atoms with van der Waals surface area (Å²) in [6, 6.07) is 16.6. The fraction of sp³-hybridized carbons (Fsp3) is 0.250. The first-order valence-electron chi connectivity index (χ1n) is 17.5. The first-order chi connectivity index (χ1) is 27.1. The SMILES string of the molecule is COc1ccc(C2C3=CCC4C(=O)N(c5cccc(C(=O)O)c5)C(=O)C4C3CC3C(=O)N(Nc4ncc(C(F)(F)F)cc4Cl)C(=O)C32c2ccc(Cl)cc2)c(O)c1. The van der Waals surface area contributed by atoms with E-state index in [-0.39, 0.29) is 41.2 Å². The molecule has 8 rings (SSSR count). The summed E-state index contributed by atoms with van der Waals surface area (Å²) < 4.78 is 45.8. The van der Waals surface area contributed by atoms with Crippen LogP contribution < -0.4 is 15.1 Å². The highest BCUT2D eigenvalue weighted by atomic mass is 35.5. The number of pyridine rings is 1. The van der Waals surface area contributed by atoms with Gasteiger partial charge in [0.25, 0.3) is 11.8 Å². The molecule has 292 valence electrons. The van der Waals surface area contributed by atoms with Gasteiger partial charge in [-0.1, -0.05) is 59.1 Å². The summed E-state index contributed by atoms with van der Waals surface area (Å²) in [7, 11) is 1.39. The van der Waals surface area contributed by atoms with Crippen LogP contribution in [0.1, 0.15) is 45.8 Å². The molecule has 12 nitrogen and oxygen atoms in total. The molecule has 3 N–H and O–H groups in total. The molecule has 2 aliphatic heterocycles. The number of benzene rings is 3. The average molecular weight is 822 g/mol. The van der Waals surface area contributed by atoms with Gasteiger partial charge in [-0.05, 0) is 66.8 Å². The van der Waals surface area contributed by atoms with Gasteiger partial charge in [0.2, 0.25) is 11.8 Å². The average Bonchev–Trinajstić information content (AvgIpc) is 3.56. The van der Waals surface area contributed by atoms with E-state index in [1.54, 1.807) is 24.3 Å². The highest BCUT2D eigenvalue weighted by molar-refractivity contribution is 6.33. The fourth-order valence-electron chi connectivity index (χ4n) is 9.05. The number of aromatic nitrogens is 1. The van der Waals surface area contributed by atoms with Gasteiger partial charge in [0.15, 0.2) is 5.82 Å². The molecule has 3 aromatic carbocycles. The van der Waals surface area contributed by atoms with Crippen LogP contribution in [0.2, 0.25) is 10.0 Å². The predicted molar refractivity (Wildman–Crippen MR) is 197 cm³/mol. The number of allylic oxidation sites excluding steroid dienone is 2. The number of phenolic OH excluding ortho intramolecular Hbond substituents is 1. The fourth-order valence-corrected chi connectivity index (χ4v) is 9.39. The van der Waals surface area contributed by atoms with E-state index in [9.17, 15) is 42.6 Å². The van der Waals surface area contributed by atoms with Gasteiger partial charge in [0.1, 0.15) is 11.5 Å². The van der Waals surface area contributed by atoms with E-state index < -0.39 is 87.2 Å². The van der Waals surface area contributed by atoms with Gasteiger partial charge >= 0.3 is 12.1 Å². The second-order valence-electron chi connectivity index (χ2n) is 14.2. The maximum absolute atomic E-state index is 15.3. The number of carboxylic acid groups (broad SMARTS) is 1. The van der Waals surface area contributed by atoms with Crippen molar-refractivity contribution in [2.75, 3.05) is 17.4 Å². The van der Waals surface area contributed by atoms with Crippen LogP contribution in [-0.2, 0) is 30.8 Å².